The molecular formula is C18H19N3O2. The number of fused-ring (bicyclic) bond motifs is 2. The smallest absolute Gasteiger partial charge is 0.418 e. The van der Waals surface area contributed by atoms with E-state index in [1.165, 1.54) is 23.6 Å². The second kappa shape index (κ2) is 5.02. The van der Waals surface area contributed by atoms with Crippen molar-refractivity contribution in [2.75, 3.05) is 13.7 Å². The zero-order valence-corrected chi connectivity index (χ0v) is 13.4. The fourth-order valence-electron chi connectivity index (χ4n) is 4.46. The zero-order chi connectivity index (χ0) is 16.1. The monoisotopic (exact) mass is 309 g/mol. The van der Waals surface area contributed by atoms with Crippen molar-refractivity contribution < 1.29 is 9.53 Å². The first-order valence-corrected chi connectivity index (χ1v) is 8.05. The van der Waals surface area contributed by atoms with Crippen LogP contribution in [0, 0.1) is 18.4 Å². The van der Waals surface area contributed by atoms with Crippen LogP contribution < -0.4 is 0 Å². The van der Waals surface area contributed by atoms with E-state index in [0.717, 1.165) is 37.0 Å². The second-order valence-electron chi connectivity index (χ2n) is 6.42. The van der Waals surface area contributed by atoms with Gasteiger partial charge in [-0.05, 0) is 43.4 Å². The topological polar surface area (TPSA) is 58.3 Å². The molecular weight excluding hydrogens is 290 g/mol. The summed E-state index contributed by atoms with van der Waals surface area (Å²) < 4.78 is 6.63. The first-order valence-electron chi connectivity index (χ1n) is 8.05. The van der Waals surface area contributed by atoms with Gasteiger partial charge in [0.05, 0.1) is 12.6 Å². The molecule has 2 aliphatic rings. The summed E-state index contributed by atoms with van der Waals surface area (Å²) >= 11 is 0. The van der Waals surface area contributed by atoms with Crippen LogP contribution in [0.3, 0.4) is 0 Å². The molecule has 1 aliphatic carbocycles. The third kappa shape index (κ3) is 1.81. The van der Waals surface area contributed by atoms with Crippen LogP contribution >= 0.6 is 0 Å². The van der Waals surface area contributed by atoms with Gasteiger partial charge in [-0.25, -0.2) is 9.36 Å². The average Bonchev–Trinajstić information content (AvgIpc) is 2.87. The van der Waals surface area contributed by atoms with Gasteiger partial charge in [-0.2, -0.15) is 5.26 Å². The number of carbonyl (C=O) groups excluding carboxylic acids is 1. The Hall–Kier alpha value is -2.48. The number of benzene rings is 1. The number of nitrogens with zero attached hydrogens (tertiary/aromatic N) is 3. The van der Waals surface area contributed by atoms with Crippen molar-refractivity contribution in [3.05, 3.63) is 35.0 Å². The number of aromatic nitrogens is 1. The van der Waals surface area contributed by atoms with Crippen LogP contribution in [-0.2, 0) is 11.2 Å². The van der Waals surface area contributed by atoms with Gasteiger partial charge in [0, 0.05) is 29.6 Å². The number of hydrogen-bond acceptors (Lipinski definition) is 4. The maximum atomic E-state index is 12.2. The SMILES string of the molecule is COC(=O)n1c(C)c2c3c(cccc31)[C@H]1CCCN(C#N)[C@@H]1C2. The maximum absolute atomic E-state index is 12.2. The van der Waals surface area contributed by atoms with E-state index in [-0.39, 0.29) is 12.1 Å². The molecule has 23 heavy (non-hydrogen) atoms. The van der Waals surface area contributed by atoms with Crippen molar-refractivity contribution in [3.8, 4) is 6.19 Å². The highest BCUT2D eigenvalue weighted by Crippen LogP contribution is 2.45. The number of methoxy groups -OCH3 is 1. The molecule has 0 spiro atoms. The van der Waals surface area contributed by atoms with Gasteiger partial charge in [0.25, 0.3) is 0 Å². The van der Waals surface area contributed by atoms with E-state index in [2.05, 4.69) is 12.3 Å². The van der Waals surface area contributed by atoms with Gasteiger partial charge in [-0.3, -0.25) is 0 Å². The lowest BCUT2D eigenvalue weighted by atomic mass is 9.75. The largest absolute Gasteiger partial charge is 0.452 e. The highest BCUT2D eigenvalue weighted by Gasteiger charge is 2.39. The maximum Gasteiger partial charge on any atom is 0.418 e. The Morgan fingerprint density at radius 2 is 2.26 bits per heavy atom. The Labute approximate surface area is 135 Å². The summed E-state index contributed by atoms with van der Waals surface area (Å²) in [4.78, 5) is 14.1. The number of likely N-dealkylation sites (tertiary alicyclic amines) is 1. The van der Waals surface area contributed by atoms with Crippen molar-refractivity contribution in [1.82, 2.24) is 9.47 Å². The van der Waals surface area contributed by atoms with Crippen molar-refractivity contribution in [3.63, 3.8) is 0 Å². The van der Waals surface area contributed by atoms with Crippen molar-refractivity contribution in [2.24, 2.45) is 0 Å². The average molecular weight is 309 g/mol. The molecule has 1 fully saturated rings. The summed E-state index contributed by atoms with van der Waals surface area (Å²) in [7, 11) is 1.41. The lowest BCUT2D eigenvalue weighted by Crippen LogP contribution is -2.44. The van der Waals surface area contributed by atoms with Crippen LogP contribution in [-0.4, -0.2) is 35.3 Å². The molecule has 5 nitrogen and oxygen atoms in total. The summed E-state index contributed by atoms with van der Waals surface area (Å²) in [5.41, 5.74) is 4.32. The first-order chi connectivity index (χ1) is 11.2. The molecule has 0 radical (unpaired) electrons. The number of piperidine rings is 1. The van der Waals surface area contributed by atoms with E-state index in [1.54, 1.807) is 4.57 Å². The zero-order valence-electron chi connectivity index (χ0n) is 13.4. The molecule has 0 N–H and O–H groups in total. The summed E-state index contributed by atoms with van der Waals surface area (Å²) in [6.07, 6.45) is 4.97. The fourth-order valence-corrected chi connectivity index (χ4v) is 4.46. The fraction of sp³-hybridized carbons (Fsp3) is 0.444. The molecule has 0 amide bonds. The molecule has 1 saturated heterocycles. The molecule has 2 atom stereocenters. The molecule has 118 valence electrons. The van der Waals surface area contributed by atoms with Crippen LogP contribution in [0.2, 0.25) is 0 Å². The van der Waals surface area contributed by atoms with E-state index < -0.39 is 0 Å². The van der Waals surface area contributed by atoms with Crippen molar-refractivity contribution in [2.45, 2.75) is 38.1 Å². The van der Waals surface area contributed by atoms with Gasteiger partial charge in [0.1, 0.15) is 0 Å². The standard InChI is InChI=1S/C18H19N3O2/c1-11-14-9-16-12(6-4-8-20(16)10-19)13-5-3-7-15(17(13)14)21(11)18(22)23-2/h3,5,7,12,16H,4,6,8-9H2,1-2H3/t12-,16-/m1/s1. The Morgan fingerprint density at radius 3 is 3.00 bits per heavy atom. The molecule has 1 aromatic heterocycles. The summed E-state index contributed by atoms with van der Waals surface area (Å²) in [6, 6.07) is 6.36. The van der Waals surface area contributed by atoms with E-state index in [4.69, 9.17) is 4.74 Å². The number of rotatable bonds is 0. The minimum Gasteiger partial charge on any atom is -0.452 e. The highest BCUT2D eigenvalue weighted by atomic mass is 16.5. The summed E-state index contributed by atoms with van der Waals surface area (Å²) in [6.45, 7) is 2.80. The van der Waals surface area contributed by atoms with Crippen LogP contribution in [0.5, 0.6) is 0 Å². The van der Waals surface area contributed by atoms with Gasteiger partial charge >= 0.3 is 6.09 Å². The number of nitriles is 1. The van der Waals surface area contributed by atoms with E-state index in [0.29, 0.717) is 5.92 Å². The quantitative estimate of drug-likeness (QED) is 0.701. The molecule has 1 aliphatic heterocycles. The molecule has 0 saturated carbocycles. The minimum atomic E-state index is -0.349. The lowest BCUT2D eigenvalue weighted by Gasteiger charge is -2.41. The number of ether oxygens (including phenoxy) is 1. The normalized spacial score (nSPS) is 22.6. The van der Waals surface area contributed by atoms with Gasteiger partial charge < -0.3 is 9.64 Å². The predicted molar refractivity (Wildman–Crippen MR) is 86.3 cm³/mol. The molecule has 5 heteroatoms. The Bertz CT molecular complexity index is 846. The Balaban J connectivity index is 1.98. The number of carbonyl (C=O) groups is 1. The third-order valence-corrected chi connectivity index (χ3v) is 5.47. The van der Waals surface area contributed by atoms with Gasteiger partial charge in [-0.1, -0.05) is 12.1 Å². The molecule has 0 unspecified atom stereocenters. The van der Waals surface area contributed by atoms with Gasteiger partial charge in [-0.15, -0.1) is 0 Å². The van der Waals surface area contributed by atoms with Crippen LogP contribution in [0.1, 0.15) is 35.6 Å². The lowest BCUT2D eigenvalue weighted by molar-refractivity contribution is 0.173. The Morgan fingerprint density at radius 1 is 1.43 bits per heavy atom. The van der Waals surface area contributed by atoms with Crippen LogP contribution in [0.15, 0.2) is 18.2 Å². The first kappa shape index (κ1) is 14.1. The predicted octanol–water partition coefficient (Wildman–Crippen LogP) is 3.15. The second-order valence-corrected chi connectivity index (χ2v) is 6.42. The molecule has 0 bridgehead atoms. The highest BCUT2D eigenvalue weighted by molar-refractivity contribution is 5.96. The number of hydrogen-bond donors (Lipinski definition) is 0. The summed E-state index contributed by atoms with van der Waals surface area (Å²) in [5.74, 6) is 0.368. The van der Waals surface area contributed by atoms with Crippen LogP contribution in [0.4, 0.5) is 4.79 Å². The van der Waals surface area contributed by atoms with Gasteiger partial charge in [0.15, 0.2) is 6.19 Å². The summed E-state index contributed by atoms with van der Waals surface area (Å²) in [5, 5.41) is 10.7. The molecule has 1 aromatic carbocycles. The van der Waals surface area contributed by atoms with E-state index in [1.807, 2.05) is 24.0 Å². The van der Waals surface area contributed by atoms with Crippen LogP contribution in [0.25, 0.3) is 10.9 Å². The minimum absolute atomic E-state index is 0.207. The van der Waals surface area contributed by atoms with Crippen molar-refractivity contribution in [1.29, 1.82) is 5.26 Å². The molecule has 2 aromatic rings. The molecule has 4 rings (SSSR count). The third-order valence-electron chi connectivity index (χ3n) is 5.47. The van der Waals surface area contributed by atoms with Gasteiger partial charge in [0.2, 0.25) is 0 Å². The van der Waals surface area contributed by atoms with E-state index in [9.17, 15) is 10.1 Å². The van der Waals surface area contributed by atoms with Crippen molar-refractivity contribution >= 4 is 17.0 Å². The van der Waals surface area contributed by atoms with E-state index >= 15 is 0 Å². The molecule has 2 heterocycles. The Kier molecular flexibility index (Phi) is 3.08.